The molecule has 0 amide bonds. The Morgan fingerprint density at radius 2 is 1.86 bits per heavy atom. The third kappa shape index (κ3) is 3.52. The maximum absolute atomic E-state index is 9.48. The molecule has 0 saturated carbocycles. The number of hydrogen-bond donors (Lipinski definition) is 3. The second-order valence-corrected chi connectivity index (χ2v) is 5.14. The summed E-state index contributed by atoms with van der Waals surface area (Å²) in [4.78, 5) is 4.55. The number of fused-ring (bicyclic) bond motifs is 1. The highest BCUT2D eigenvalue weighted by molar-refractivity contribution is 6.00. The van der Waals surface area contributed by atoms with Gasteiger partial charge in [-0.05, 0) is 36.1 Å². The minimum Gasteiger partial charge on any atom is -0.504 e. The van der Waals surface area contributed by atoms with Crippen LogP contribution in [0.15, 0.2) is 47.5 Å². The average molecular weight is 319 g/mol. The smallest absolute Gasteiger partial charge is 0.157 e. The van der Waals surface area contributed by atoms with E-state index < -0.39 is 0 Å². The van der Waals surface area contributed by atoms with Crippen LogP contribution in [0.3, 0.4) is 0 Å². The Balaban J connectivity index is 0.00000176. The number of hydrogen-bond acceptors (Lipinski definition) is 4. The lowest BCUT2D eigenvalue weighted by Crippen LogP contribution is -2.30. The molecule has 3 rings (SSSR count). The van der Waals surface area contributed by atoms with E-state index in [2.05, 4.69) is 28.5 Å². The SMILES string of the molecule is Cl.Oc1ccc(CCNC2=NCCc3ccccc32)cc1O. The third-order valence-corrected chi connectivity index (χ3v) is 3.67. The van der Waals surface area contributed by atoms with Crippen molar-refractivity contribution in [1.29, 1.82) is 0 Å². The van der Waals surface area contributed by atoms with E-state index in [4.69, 9.17) is 0 Å². The normalized spacial score (nSPS) is 12.8. The van der Waals surface area contributed by atoms with Gasteiger partial charge in [0.25, 0.3) is 0 Å². The van der Waals surface area contributed by atoms with E-state index in [9.17, 15) is 10.2 Å². The van der Waals surface area contributed by atoms with E-state index in [0.29, 0.717) is 0 Å². The van der Waals surface area contributed by atoms with Gasteiger partial charge in [-0.3, -0.25) is 4.99 Å². The van der Waals surface area contributed by atoms with E-state index >= 15 is 0 Å². The molecule has 1 heterocycles. The fourth-order valence-electron chi connectivity index (χ4n) is 2.54. The number of nitrogens with one attached hydrogen (secondary N) is 1. The number of benzene rings is 2. The van der Waals surface area contributed by atoms with Gasteiger partial charge in [0, 0.05) is 18.7 Å². The van der Waals surface area contributed by atoms with Gasteiger partial charge in [-0.25, -0.2) is 0 Å². The van der Waals surface area contributed by atoms with Crippen LogP contribution in [0, 0.1) is 0 Å². The zero-order valence-electron chi connectivity index (χ0n) is 12.1. The van der Waals surface area contributed by atoms with Crippen molar-refractivity contribution in [2.75, 3.05) is 13.1 Å². The fraction of sp³-hybridized carbons (Fsp3) is 0.235. The summed E-state index contributed by atoms with van der Waals surface area (Å²) in [6, 6.07) is 13.2. The minimum absolute atomic E-state index is 0. The van der Waals surface area contributed by atoms with Gasteiger partial charge in [0.05, 0.1) is 0 Å². The standard InChI is InChI=1S/C17H18N2O2.ClH/c20-15-6-5-12(11-16(15)21)7-9-18-17-14-4-2-1-3-13(14)8-10-19-17;/h1-6,11,20-21H,7-10H2,(H,18,19);1H. The molecule has 0 spiro atoms. The van der Waals surface area contributed by atoms with E-state index in [-0.39, 0.29) is 23.9 Å². The molecule has 0 atom stereocenters. The van der Waals surface area contributed by atoms with E-state index in [1.165, 1.54) is 17.2 Å². The van der Waals surface area contributed by atoms with Gasteiger partial charge < -0.3 is 15.5 Å². The van der Waals surface area contributed by atoms with Crippen molar-refractivity contribution in [2.24, 2.45) is 4.99 Å². The molecular weight excluding hydrogens is 300 g/mol. The van der Waals surface area contributed by atoms with E-state index in [1.54, 1.807) is 6.07 Å². The number of phenols is 2. The summed E-state index contributed by atoms with van der Waals surface area (Å²) in [6.07, 6.45) is 1.75. The van der Waals surface area contributed by atoms with Crippen molar-refractivity contribution in [3.05, 3.63) is 59.2 Å². The summed E-state index contributed by atoms with van der Waals surface area (Å²) >= 11 is 0. The molecule has 2 aromatic rings. The molecule has 22 heavy (non-hydrogen) atoms. The predicted octanol–water partition coefficient (Wildman–Crippen LogP) is 2.65. The van der Waals surface area contributed by atoms with Gasteiger partial charge in [0.1, 0.15) is 5.84 Å². The monoisotopic (exact) mass is 318 g/mol. The van der Waals surface area contributed by atoms with Crippen LogP contribution in [0.4, 0.5) is 0 Å². The molecule has 0 unspecified atom stereocenters. The highest BCUT2D eigenvalue weighted by Crippen LogP contribution is 2.24. The second kappa shape index (κ2) is 7.18. The molecule has 3 N–H and O–H groups in total. The molecule has 0 saturated heterocycles. The van der Waals surface area contributed by atoms with Crippen molar-refractivity contribution in [2.45, 2.75) is 12.8 Å². The largest absolute Gasteiger partial charge is 0.504 e. The van der Waals surface area contributed by atoms with Gasteiger partial charge in [-0.1, -0.05) is 30.3 Å². The minimum atomic E-state index is -0.0858. The van der Waals surface area contributed by atoms with Crippen molar-refractivity contribution in [1.82, 2.24) is 5.32 Å². The Bertz CT molecular complexity index is 686. The Hall–Kier alpha value is -2.20. The first kappa shape index (κ1) is 16.2. The number of aromatic hydroxyl groups is 2. The molecule has 4 nitrogen and oxygen atoms in total. The summed E-state index contributed by atoms with van der Waals surface area (Å²) in [6.45, 7) is 1.55. The maximum Gasteiger partial charge on any atom is 0.157 e. The summed E-state index contributed by atoms with van der Waals surface area (Å²) in [5, 5.41) is 22.1. The highest BCUT2D eigenvalue weighted by Gasteiger charge is 2.12. The molecule has 0 aromatic heterocycles. The summed E-state index contributed by atoms with van der Waals surface area (Å²) in [7, 11) is 0. The average Bonchev–Trinajstić information content (AvgIpc) is 2.51. The molecule has 116 valence electrons. The first-order valence-electron chi connectivity index (χ1n) is 7.11. The Kier molecular flexibility index (Phi) is 5.28. The van der Waals surface area contributed by atoms with Crippen LogP contribution in [0.2, 0.25) is 0 Å². The fourth-order valence-corrected chi connectivity index (χ4v) is 2.54. The van der Waals surface area contributed by atoms with E-state index in [0.717, 1.165) is 37.3 Å². The Morgan fingerprint density at radius 3 is 2.68 bits per heavy atom. The summed E-state index contributed by atoms with van der Waals surface area (Å²) < 4.78 is 0. The van der Waals surface area contributed by atoms with Crippen LogP contribution >= 0.6 is 12.4 Å². The van der Waals surface area contributed by atoms with Crippen LogP contribution in [0.25, 0.3) is 0 Å². The zero-order chi connectivity index (χ0) is 14.7. The third-order valence-electron chi connectivity index (χ3n) is 3.67. The first-order valence-corrected chi connectivity index (χ1v) is 7.11. The molecule has 0 radical (unpaired) electrons. The topological polar surface area (TPSA) is 64.8 Å². The van der Waals surface area contributed by atoms with Gasteiger partial charge >= 0.3 is 0 Å². The van der Waals surface area contributed by atoms with Gasteiger partial charge in [-0.2, -0.15) is 0 Å². The van der Waals surface area contributed by atoms with Crippen molar-refractivity contribution in [3.63, 3.8) is 0 Å². The molecule has 0 aliphatic carbocycles. The van der Waals surface area contributed by atoms with Gasteiger partial charge in [-0.15, -0.1) is 12.4 Å². The predicted molar refractivity (Wildman–Crippen MR) is 90.3 cm³/mol. The number of aliphatic imine (C=N–C) groups is 1. The number of amidine groups is 1. The van der Waals surface area contributed by atoms with Crippen LogP contribution in [0.1, 0.15) is 16.7 Å². The quantitative estimate of drug-likeness (QED) is 0.762. The summed E-state index contributed by atoms with van der Waals surface area (Å²) in [5.41, 5.74) is 3.48. The lowest BCUT2D eigenvalue weighted by molar-refractivity contribution is 0.403. The van der Waals surface area contributed by atoms with E-state index in [1.807, 2.05) is 12.1 Å². The van der Waals surface area contributed by atoms with Crippen molar-refractivity contribution in [3.8, 4) is 11.5 Å². The second-order valence-electron chi connectivity index (χ2n) is 5.14. The molecular formula is C17H19ClN2O2. The van der Waals surface area contributed by atoms with Crippen LogP contribution in [0.5, 0.6) is 11.5 Å². The van der Waals surface area contributed by atoms with Gasteiger partial charge in [0.2, 0.25) is 0 Å². The number of nitrogens with zero attached hydrogens (tertiary/aromatic N) is 1. The van der Waals surface area contributed by atoms with Crippen molar-refractivity contribution < 1.29 is 10.2 Å². The molecule has 0 bridgehead atoms. The van der Waals surface area contributed by atoms with Crippen LogP contribution in [-0.2, 0) is 12.8 Å². The highest BCUT2D eigenvalue weighted by atomic mass is 35.5. The van der Waals surface area contributed by atoms with Gasteiger partial charge in [0.15, 0.2) is 11.5 Å². The zero-order valence-corrected chi connectivity index (χ0v) is 12.9. The Morgan fingerprint density at radius 1 is 1.05 bits per heavy atom. The summed E-state index contributed by atoms with van der Waals surface area (Å²) in [5.74, 6) is 0.782. The number of phenolic OH excluding ortho intramolecular Hbond substituents is 2. The molecule has 5 heteroatoms. The number of rotatable bonds is 3. The first-order chi connectivity index (χ1) is 10.2. The van der Waals surface area contributed by atoms with Crippen LogP contribution in [-0.4, -0.2) is 29.1 Å². The molecule has 0 fully saturated rings. The molecule has 2 aromatic carbocycles. The molecule has 1 aliphatic heterocycles. The lowest BCUT2D eigenvalue weighted by atomic mass is 10.0. The maximum atomic E-state index is 9.48. The lowest BCUT2D eigenvalue weighted by Gasteiger charge is -2.18. The van der Waals surface area contributed by atoms with Crippen molar-refractivity contribution >= 4 is 18.2 Å². The van der Waals surface area contributed by atoms with Crippen LogP contribution < -0.4 is 5.32 Å². The Labute approximate surface area is 135 Å². The molecule has 1 aliphatic rings. The number of halogens is 1.